The summed E-state index contributed by atoms with van der Waals surface area (Å²) in [4.78, 5) is 16.8. The van der Waals surface area contributed by atoms with E-state index in [4.69, 9.17) is 4.74 Å². The summed E-state index contributed by atoms with van der Waals surface area (Å²) < 4.78 is 8.09. The van der Waals surface area contributed by atoms with E-state index in [9.17, 15) is 4.79 Å². The van der Waals surface area contributed by atoms with Crippen LogP contribution in [0.5, 0.6) is 5.88 Å². The first-order valence-corrected chi connectivity index (χ1v) is 7.63. The van der Waals surface area contributed by atoms with Gasteiger partial charge in [-0.2, -0.15) is 5.10 Å². The van der Waals surface area contributed by atoms with Crippen molar-refractivity contribution in [3.63, 3.8) is 0 Å². The maximum atomic E-state index is 12.7. The van der Waals surface area contributed by atoms with Crippen LogP contribution in [0.4, 0.5) is 0 Å². The molecule has 0 amide bonds. The monoisotopic (exact) mass is 334 g/mol. The highest BCUT2D eigenvalue weighted by molar-refractivity contribution is 5.74. The maximum absolute atomic E-state index is 12.7. The second kappa shape index (κ2) is 6.16. The van der Waals surface area contributed by atoms with Gasteiger partial charge in [0.15, 0.2) is 5.65 Å². The molecule has 0 spiro atoms. The lowest BCUT2D eigenvalue weighted by Crippen LogP contribution is -2.25. The van der Waals surface area contributed by atoms with Crippen LogP contribution < -0.4 is 10.3 Å². The van der Waals surface area contributed by atoms with Gasteiger partial charge >= 0.3 is 0 Å². The Bertz CT molecular complexity index is 1090. The van der Waals surface area contributed by atoms with Crippen molar-refractivity contribution in [2.24, 2.45) is 0 Å². The van der Waals surface area contributed by atoms with Crippen molar-refractivity contribution in [1.29, 1.82) is 0 Å². The molecule has 0 saturated heterocycles. The average Bonchev–Trinajstić information content (AvgIpc) is 3.10. The maximum Gasteiger partial charge on any atom is 0.281 e. The second-order valence-electron chi connectivity index (χ2n) is 5.35. The Morgan fingerprint density at radius 3 is 2.76 bits per heavy atom. The number of aromatic nitrogens is 6. The first kappa shape index (κ1) is 15.0. The van der Waals surface area contributed by atoms with Gasteiger partial charge in [0.05, 0.1) is 25.5 Å². The normalized spacial score (nSPS) is 10.9. The fourth-order valence-corrected chi connectivity index (χ4v) is 2.62. The van der Waals surface area contributed by atoms with Crippen molar-refractivity contribution in [2.45, 2.75) is 6.54 Å². The first-order valence-electron chi connectivity index (χ1n) is 7.63. The van der Waals surface area contributed by atoms with E-state index in [1.165, 1.54) is 18.0 Å². The zero-order valence-electron chi connectivity index (χ0n) is 13.4. The molecule has 0 aliphatic heterocycles. The number of ether oxygens (including phenoxy) is 1. The molecule has 4 rings (SSSR count). The smallest absolute Gasteiger partial charge is 0.281 e. The lowest BCUT2D eigenvalue weighted by molar-refractivity contribution is 0.389. The van der Waals surface area contributed by atoms with Crippen LogP contribution in [0.25, 0.3) is 16.7 Å². The number of hydrogen-bond donors (Lipinski definition) is 0. The molecule has 0 unspecified atom stereocenters. The van der Waals surface area contributed by atoms with Crippen LogP contribution >= 0.6 is 0 Å². The molecule has 0 atom stereocenters. The molecule has 3 aromatic heterocycles. The highest BCUT2D eigenvalue weighted by Crippen LogP contribution is 2.15. The molecule has 25 heavy (non-hydrogen) atoms. The Labute approximate surface area is 142 Å². The topological polar surface area (TPSA) is 87.7 Å². The summed E-state index contributed by atoms with van der Waals surface area (Å²) in [6.45, 7) is 0.218. The molecule has 0 radical (unpaired) electrons. The zero-order chi connectivity index (χ0) is 17.2. The number of methoxy groups -OCH3 is 1. The summed E-state index contributed by atoms with van der Waals surface area (Å²) in [5.41, 5.74) is 1.72. The third-order valence-electron chi connectivity index (χ3n) is 3.82. The minimum absolute atomic E-state index is 0.218. The van der Waals surface area contributed by atoms with Gasteiger partial charge in [0.2, 0.25) is 5.88 Å². The summed E-state index contributed by atoms with van der Waals surface area (Å²) in [5.74, 6) is 0.455. The van der Waals surface area contributed by atoms with E-state index in [1.807, 2.05) is 36.4 Å². The lowest BCUT2D eigenvalue weighted by atomic mass is 10.2. The fraction of sp³-hybridized carbons (Fsp3) is 0.118. The largest absolute Gasteiger partial charge is 0.481 e. The molecule has 0 saturated carbocycles. The zero-order valence-corrected chi connectivity index (χ0v) is 13.4. The Morgan fingerprint density at radius 2 is 1.96 bits per heavy atom. The Morgan fingerprint density at radius 1 is 1.12 bits per heavy atom. The fourth-order valence-electron chi connectivity index (χ4n) is 2.62. The van der Waals surface area contributed by atoms with E-state index < -0.39 is 0 Å². The number of pyridine rings is 1. The van der Waals surface area contributed by atoms with Crippen molar-refractivity contribution in [2.75, 3.05) is 7.11 Å². The molecule has 0 fully saturated rings. The van der Waals surface area contributed by atoms with Crippen LogP contribution in [0.3, 0.4) is 0 Å². The molecule has 0 N–H and O–H groups in total. The summed E-state index contributed by atoms with van der Waals surface area (Å²) in [5, 5.41) is 12.9. The molecule has 0 aliphatic rings. The molecule has 124 valence electrons. The first-order chi connectivity index (χ1) is 12.3. The third kappa shape index (κ3) is 2.63. The van der Waals surface area contributed by atoms with E-state index >= 15 is 0 Å². The van der Waals surface area contributed by atoms with Crippen LogP contribution in [-0.2, 0) is 6.54 Å². The predicted molar refractivity (Wildman–Crippen MR) is 90.8 cm³/mol. The molecular formula is C17H14N6O2. The summed E-state index contributed by atoms with van der Waals surface area (Å²) in [6, 6.07) is 13.1. The van der Waals surface area contributed by atoms with E-state index in [1.54, 1.807) is 16.9 Å². The van der Waals surface area contributed by atoms with Crippen molar-refractivity contribution in [1.82, 2.24) is 29.8 Å². The second-order valence-corrected chi connectivity index (χ2v) is 5.35. The highest BCUT2D eigenvalue weighted by atomic mass is 16.5. The number of nitrogens with zero attached hydrogens (tertiary/aromatic N) is 6. The Hall–Kier alpha value is -3.55. The van der Waals surface area contributed by atoms with Gasteiger partial charge in [0, 0.05) is 11.8 Å². The van der Waals surface area contributed by atoms with E-state index in [-0.39, 0.29) is 12.1 Å². The quantitative estimate of drug-likeness (QED) is 0.561. The van der Waals surface area contributed by atoms with Crippen molar-refractivity contribution in [3.8, 4) is 11.6 Å². The van der Waals surface area contributed by atoms with Crippen LogP contribution in [0.15, 0.2) is 59.7 Å². The summed E-state index contributed by atoms with van der Waals surface area (Å²) in [6.07, 6.45) is 3.14. The molecule has 3 heterocycles. The molecule has 0 aliphatic carbocycles. The summed E-state index contributed by atoms with van der Waals surface area (Å²) in [7, 11) is 1.54. The van der Waals surface area contributed by atoms with Gasteiger partial charge in [-0.05, 0) is 18.2 Å². The molecular weight excluding hydrogens is 320 g/mol. The minimum atomic E-state index is -0.266. The number of benzene rings is 1. The average molecular weight is 334 g/mol. The lowest BCUT2D eigenvalue weighted by Gasteiger charge is -2.07. The van der Waals surface area contributed by atoms with Gasteiger partial charge in [-0.25, -0.2) is 14.3 Å². The minimum Gasteiger partial charge on any atom is -0.481 e. The number of rotatable bonds is 4. The van der Waals surface area contributed by atoms with Gasteiger partial charge < -0.3 is 4.74 Å². The van der Waals surface area contributed by atoms with Gasteiger partial charge in [-0.1, -0.05) is 29.5 Å². The standard InChI is InChI=1S/C17H14N6O2/c1-25-16-12(6-5-9-18-16)11-22-17(24)14-10-19-23(15(14)20-21-22)13-7-3-2-4-8-13/h2-10H,11H2,1H3. The van der Waals surface area contributed by atoms with Crippen molar-refractivity contribution in [3.05, 3.63) is 70.8 Å². The van der Waals surface area contributed by atoms with Gasteiger partial charge in [0.1, 0.15) is 5.39 Å². The highest BCUT2D eigenvalue weighted by Gasteiger charge is 2.14. The molecule has 8 heteroatoms. The number of hydrogen-bond acceptors (Lipinski definition) is 6. The Balaban J connectivity index is 1.78. The molecule has 4 aromatic rings. The third-order valence-corrected chi connectivity index (χ3v) is 3.82. The van der Waals surface area contributed by atoms with E-state index in [2.05, 4.69) is 20.4 Å². The van der Waals surface area contributed by atoms with E-state index in [0.717, 1.165) is 11.3 Å². The number of fused-ring (bicyclic) bond motifs is 1. The van der Waals surface area contributed by atoms with Crippen LogP contribution in [0.1, 0.15) is 5.56 Å². The van der Waals surface area contributed by atoms with Gasteiger partial charge in [-0.3, -0.25) is 4.79 Å². The van der Waals surface area contributed by atoms with E-state index in [0.29, 0.717) is 16.9 Å². The van der Waals surface area contributed by atoms with Gasteiger partial charge in [0.25, 0.3) is 5.56 Å². The molecule has 1 aromatic carbocycles. The summed E-state index contributed by atoms with van der Waals surface area (Å²) >= 11 is 0. The van der Waals surface area contributed by atoms with Gasteiger partial charge in [-0.15, -0.1) is 5.10 Å². The van der Waals surface area contributed by atoms with Crippen molar-refractivity contribution < 1.29 is 4.74 Å². The molecule has 8 nitrogen and oxygen atoms in total. The van der Waals surface area contributed by atoms with Crippen LogP contribution in [0.2, 0.25) is 0 Å². The number of para-hydroxylation sites is 1. The van der Waals surface area contributed by atoms with Crippen molar-refractivity contribution >= 4 is 11.0 Å². The van der Waals surface area contributed by atoms with Crippen LogP contribution in [0, 0.1) is 0 Å². The van der Waals surface area contributed by atoms with Crippen LogP contribution in [-0.4, -0.2) is 36.9 Å². The predicted octanol–water partition coefficient (Wildman–Crippen LogP) is 1.43. The Kier molecular flexibility index (Phi) is 3.70. The SMILES string of the molecule is COc1ncccc1Cn1nnc2c(cnn2-c2ccccc2)c1=O. The molecule has 0 bridgehead atoms.